The predicted octanol–water partition coefficient (Wildman–Crippen LogP) is 1.64. The molecule has 1 aromatic heterocycles. The third kappa shape index (κ3) is 3.66. The minimum atomic E-state index is -0.0666. The molecule has 0 unspecified atom stereocenters. The molecule has 0 atom stereocenters. The van der Waals surface area contributed by atoms with E-state index in [9.17, 15) is 4.79 Å². The SMILES string of the molecule is COCCCNC(=O)c1ccc(-n2cccn2)cc1. The van der Waals surface area contributed by atoms with Crippen LogP contribution < -0.4 is 5.32 Å². The van der Waals surface area contributed by atoms with Gasteiger partial charge in [-0.15, -0.1) is 0 Å². The lowest BCUT2D eigenvalue weighted by Gasteiger charge is -2.06. The molecule has 2 aromatic rings. The van der Waals surface area contributed by atoms with E-state index in [1.807, 2.05) is 24.4 Å². The maximum absolute atomic E-state index is 11.8. The van der Waals surface area contributed by atoms with Gasteiger partial charge in [0.1, 0.15) is 0 Å². The fourth-order valence-corrected chi connectivity index (χ4v) is 1.71. The van der Waals surface area contributed by atoms with Gasteiger partial charge in [-0.25, -0.2) is 4.68 Å². The summed E-state index contributed by atoms with van der Waals surface area (Å²) in [6.07, 6.45) is 4.39. The lowest BCUT2D eigenvalue weighted by molar-refractivity contribution is 0.0948. The summed E-state index contributed by atoms with van der Waals surface area (Å²) in [6, 6.07) is 9.19. The second kappa shape index (κ2) is 6.70. The van der Waals surface area contributed by atoms with E-state index in [1.54, 1.807) is 30.1 Å². The number of carbonyl (C=O) groups is 1. The number of nitrogens with zero attached hydrogens (tertiary/aromatic N) is 2. The third-order valence-corrected chi connectivity index (χ3v) is 2.71. The Balaban J connectivity index is 1.93. The highest BCUT2D eigenvalue weighted by Gasteiger charge is 2.05. The first-order valence-corrected chi connectivity index (χ1v) is 6.18. The molecule has 1 amide bonds. The molecule has 0 bridgehead atoms. The van der Waals surface area contributed by atoms with Gasteiger partial charge >= 0.3 is 0 Å². The molecule has 5 heteroatoms. The predicted molar refractivity (Wildman–Crippen MR) is 72.4 cm³/mol. The normalized spacial score (nSPS) is 10.4. The highest BCUT2D eigenvalue weighted by molar-refractivity contribution is 5.94. The molecule has 0 saturated carbocycles. The zero-order chi connectivity index (χ0) is 13.5. The second-order valence-electron chi connectivity index (χ2n) is 4.10. The number of hydrogen-bond donors (Lipinski definition) is 1. The molecule has 0 fully saturated rings. The molecule has 1 aromatic carbocycles. The molecule has 100 valence electrons. The van der Waals surface area contributed by atoms with Crippen molar-refractivity contribution in [3.63, 3.8) is 0 Å². The summed E-state index contributed by atoms with van der Waals surface area (Å²) in [5.41, 5.74) is 1.58. The van der Waals surface area contributed by atoms with Crippen LogP contribution in [-0.2, 0) is 4.74 Å². The Labute approximate surface area is 112 Å². The number of nitrogens with one attached hydrogen (secondary N) is 1. The highest BCUT2D eigenvalue weighted by Crippen LogP contribution is 2.08. The van der Waals surface area contributed by atoms with Gasteiger partial charge in [0.2, 0.25) is 0 Å². The van der Waals surface area contributed by atoms with Crippen molar-refractivity contribution in [3.8, 4) is 5.69 Å². The van der Waals surface area contributed by atoms with E-state index >= 15 is 0 Å². The van der Waals surface area contributed by atoms with Crippen LogP contribution in [0.5, 0.6) is 0 Å². The number of methoxy groups -OCH3 is 1. The Hall–Kier alpha value is -2.14. The molecule has 1 N–H and O–H groups in total. The number of carbonyl (C=O) groups excluding carboxylic acids is 1. The van der Waals surface area contributed by atoms with Crippen LogP contribution >= 0.6 is 0 Å². The summed E-state index contributed by atoms with van der Waals surface area (Å²) in [5.74, 6) is -0.0666. The maximum Gasteiger partial charge on any atom is 0.251 e. The minimum absolute atomic E-state index is 0.0666. The Kier molecular flexibility index (Phi) is 4.69. The fraction of sp³-hybridized carbons (Fsp3) is 0.286. The molecule has 0 aliphatic rings. The quantitative estimate of drug-likeness (QED) is 0.802. The summed E-state index contributed by atoms with van der Waals surface area (Å²) in [7, 11) is 1.65. The number of benzene rings is 1. The topological polar surface area (TPSA) is 56.1 Å². The Morgan fingerprint density at radius 2 is 2.16 bits per heavy atom. The molecule has 19 heavy (non-hydrogen) atoms. The molecule has 0 aliphatic heterocycles. The average Bonchev–Trinajstić information content (AvgIpc) is 2.98. The summed E-state index contributed by atoms with van der Waals surface area (Å²) in [5, 5.41) is 6.98. The van der Waals surface area contributed by atoms with Gasteiger partial charge in [0.15, 0.2) is 0 Å². The molecule has 0 spiro atoms. The van der Waals surface area contributed by atoms with Crippen LogP contribution in [-0.4, -0.2) is 35.9 Å². The van der Waals surface area contributed by atoms with Crippen molar-refractivity contribution in [2.24, 2.45) is 0 Å². The van der Waals surface area contributed by atoms with Gasteiger partial charge < -0.3 is 10.1 Å². The van der Waals surface area contributed by atoms with Crippen molar-refractivity contribution in [1.82, 2.24) is 15.1 Å². The Bertz CT molecular complexity index is 506. The molecule has 5 nitrogen and oxygen atoms in total. The van der Waals surface area contributed by atoms with Crippen LogP contribution in [0.15, 0.2) is 42.7 Å². The number of ether oxygens (including phenoxy) is 1. The van der Waals surface area contributed by atoms with Crippen molar-refractivity contribution < 1.29 is 9.53 Å². The molecular formula is C14H17N3O2. The molecule has 2 rings (SSSR count). The Morgan fingerprint density at radius 1 is 1.37 bits per heavy atom. The van der Waals surface area contributed by atoms with Crippen molar-refractivity contribution in [3.05, 3.63) is 48.3 Å². The van der Waals surface area contributed by atoms with E-state index in [4.69, 9.17) is 4.74 Å². The summed E-state index contributed by atoms with van der Waals surface area (Å²) in [6.45, 7) is 1.27. The van der Waals surface area contributed by atoms with E-state index in [-0.39, 0.29) is 5.91 Å². The first-order valence-electron chi connectivity index (χ1n) is 6.18. The van der Waals surface area contributed by atoms with E-state index in [0.29, 0.717) is 18.7 Å². The summed E-state index contributed by atoms with van der Waals surface area (Å²) >= 11 is 0. The van der Waals surface area contributed by atoms with Gasteiger partial charge in [-0.3, -0.25) is 4.79 Å². The van der Waals surface area contributed by atoms with Crippen molar-refractivity contribution in [2.45, 2.75) is 6.42 Å². The summed E-state index contributed by atoms with van der Waals surface area (Å²) < 4.78 is 6.68. The lowest BCUT2D eigenvalue weighted by atomic mass is 10.2. The standard InChI is InChI=1S/C14H17N3O2/c1-19-11-3-8-15-14(18)12-4-6-13(7-5-12)17-10-2-9-16-17/h2,4-7,9-10H,3,8,11H2,1H3,(H,15,18). The van der Waals surface area contributed by atoms with E-state index in [2.05, 4.69) is 10.4 Å². The molecule has 0 aliphatic carbocycles. The zero-order valence-corrected chi connectivity index (χ0v) is 10.9. The van der Waals surface area contributed by atoms with Gasteiger partial charge in [-0.1, -0.05) is 0 Å². The van der Waals surface area contributed by atoms with E-state index in [1.165, 1.54) is 0 Å². The van der Waals surface area contributed by atoms with Gasteiger partial charge in [-0.05, 0) is 36.8 Å². The Morgan fingerprint density at radius 3 is 2.79 bits per heavy atom. The number of amides is 1. The smallest absolute Gasteiger partial charge is 0.251 e. The molecule has 0 radical (unpaired) electrons. The van der Waals surface area contributed by atoms with E-state index in [0.717, 1.165) is 12.1 Å². The first-order chi connectivity index (χ1) is 9.31. The number of aromatic nitrogens is 2. The monoisotopic (exact) mass is 259 g/mol. The highest BCUT2D eigenvalue weighted by atomic mass is 16.5. The molecule has 0 saturated heterocycles. The lowest BCUT2D eigenvalue weighted by Crippen LogP contribution is -2.25. The van der Waals surface area contributed by atoms with Crippen molar-refractivity contribution >= 4 is 5.91 Å². The number of rotatable bonds is 6. The maximum atomic E-state index is 11.8. The largest absolute Gasteiger partial charge is 0.385 e. The summed E-state index contributed by atoms with van der Waals surface area (Å²) in [4.78, 5) is 11.8. The second-order valence-corrected chi connectivity index (χ2v) is 4.10. The van der Waals surface area contributed by atoms with Crippen LogP contribution in [0.1, 0.15) is 16.8 Å². The van der Waals surface area contributed by atoms with E-state index < -0.39 is 0 Å². The average molecular weight is 259 g/mol. The van der Waals surface area contributed by atoms with Gasteiger partial charge in [0.05, 0.1) is 5.69 Å². The third-order valence-electron chi connectivity index (χ3n) is 2.71. The first kappa shape index (κ1) is 13.3. The van der Waals surface area contributed by atoms with Gasteiger partial charge in [-0.2, -0.15) is 5.10 Å². The number of hydrogen-bond acceptors (Lipinski definition) is 3. The van der Waals surface area contributed by atoms with Crippen molar-refractivity contribution in [1.29, 1.82) is 0 Å². The van der Waals surface area contributed by atoms with Crippen LogP contribution in [0.25, 0.3) is 5.69 Å². The fourth-order valence-electron chi connectivity index (χ4n) is 1.71. The van der Waals surface area contributed by atoms with Crippen LogP contribution in [0.4, 0.5) is 0 Å². The van der Waals surface area contributed by atoms with Crippen LogP contribution in [0, 0.1) is 0 Å². The minimum Gasteiger partial charge on any atom is -0.385 e. The molecule has 1 heterocycles. The molecular weight excluding hydrogens is 242 g/mol. The van der Waals surface area contributed by atoms with Crippen LogP contribution in [0.2, 0.25) is 0 Å². The van der Waals surface area contributed by atoms with Crippen molar-refractivity contribution in [2.75, 3.05) is 20.3 Å². The zero-order valence-electron chi connectivity index (χ0n) is 10.9. The van der Waals surface area contributed by atoms with Gasteiger partial charge in [0.25, 0.3) is 5.91 Å². The van der Waals surface area contributed by atoms with Gasteiger partial charge in [0, 0.05) is 38.2 Å². The van der Waals surface area contributed by atoms with Crippen LogP contribution in [0.3, 0.4) is 0 Å².